The average molecular weight is 342 g/mol. The minimum absolute atomic E-state index is 0.205. The lowest BCUT2D eigenvalue weighted by atomic mass is 10.1. The average Bonchev–Trinajstić information content (AvgIpc) is 2.96. The predicted molar refractivity (Wildman–Crippen MR) is 76.5 cm³/mol. The van der Waals surface area contributed by atoms with Gasteiger partial charge in [-0.3, -0.25) is 9.69 Å². The van der Waals surface area contributed by atoms with Crippen molar-refractivity contribution < 1.29 is 32.3 Å². The molecule has 0 spiro atoms. The number of ether oxygens (including phenoxy) is 1. The van der Waals surface area contributed by atoms with Crippen LogP contribution in [0.3, 0.4) is 0 Å². The summed E-state index contributed by atoms with van der Waals surface area (Å²) in [6.07, 6.45) is -2.18. The molecule has 0 atom stereocenters. The van der Waals surface area contributed by atoms with Gasteiger partial charge in [0.25, 0.3) is 5.91 Å². The number of rotatable bonds is 4. The predicted octanol–water partition coefficient (Wildman–Crippen LogP) is 1.81. The Morgan fingerprint density at radius 1 is 1.25 bits per heavy atom. The molecule has 1 saturated heterocycles. The van der Waals surface area contributed by atoms with E-state index in [1.165, 1.54) is 18.2 Å². The number of halogens is 3. The van der Waals surface area contributed by atoms with Crippen molar-refractivity contribution in [3.8, 4) is 0 Å². The summed E-state index contributed by atoms with van der Waals surface area (Å²) in [6, 6.07) is 3.64. The van der Waals surface area contributed by atoms with E-state index >= 15 is 0 Å². The van der Waals surface area contributed by atoms with Gasteiger partial charge < -0.3 is 10.1 Å². The molecule has 9 heteroatoms. The zero-order chi connectivity index (χ0) is 17.7. The minimum atomic E-state index is -4.43. The second-order valence-corrected chi connectivity index (χ2v) is 4.84. The van der Waals surface area contributed by atoms with E-state index in [1.54, 1.807) is 0 Å². The Morgan fingerprint density at radius 3 is 2.46 bits per heavy atom. The highest BCUT2D eigenvalue weighted by Crippen LogP contribution is 2.29. The van der Waals surface area contributed by atoms with E-state index in [2.05, 4.69) is 10.1 Å². The van der Waals surface area contributed by atoms with Gasteiger partial charge in [0.15, 0.2) is 6.61 Å². The number of amides is 3. The molecule has 1 aliphatic heterocycles. The van der Waals surface area contributed by atoms with Crippen molar-refractivity contribution in [1.82, 2.24) is 10.2 Å². The molecule has 6 nitrogen and oxygen atoms in total. The van der Waals surface area contributed by atoms with Gasteiger partial charge in [0.1, 0.15) is 0 Å². The number of esters is 1. The van der Waals surface area contributed by atoms with Crippen LogP contribution in [0.15, 0.2) is 30.3 Å². The Labute approximate surface area is 134 Å². The van der Waals surface area contributed by atoms with Crippen LogP contribution in [-0.4, -0.2) is 42.5 Å². The summed E-state index contributed by atoms with van der Waals surface area (Å²) in [5.74, 6) is -1.50. The van der Waals surface area contributed by atoms with Gasteiger partial charge in [-0.05, 0) is 23.8 Å². The van der Waals surface area contributed by atoms with E-state index in [1.807, 2.05) is 0 Å². The van der Waals surface area contributed by atoms with Crippen LogP contribution in [0.4, 0.5) is 18.0 Å². The first-order valence-corrected chi connectivity index (χ1v) is 6.87. The zero-order valence-electron chi connectivity index (χ0n) is 12.3. The molecule has 1 aromatic rings. The maximum absolute atomic E-state index is 12.4. The molecule has 1 N–H and O–H groups in total. The van der Waals surface area contributed by atoms with Gasteiger partial charge in [-0.1, -0.05) is 12.1 Å². The molecule has 0 bridgehead atoms. The summed E-state index contributed by atoms with van der Waals surface area (Å²) < 4.78 is 41.9. The van der Waals surface area contributed by atoms with Gasteiger partial charge in [0.2, 0.25) is 0 Å². The Hall–Kier alpha value is -2.84. The standard InChI is InChI=1S/C15H13F3N2O4/c16-15(17,18)11-4-1-10(2-5-11)3-6-13(22)24-9-12(21)20-8-7-19-14(20)23/h1-6H,7-9H2,(H,19,23)/b6-3+. The van der Waals surface area contributed by atoms with Crippen LogP contribution in [0.5, 0.6) is 0 Å². The molecule has 3 amide bonds. The Balaban J connectivity index is 1.84. The Bertz CT molecular complexity index is 668. The van der Waals surface area contributed by atoms with Crippen molar-refractivity contribution in [3.05, 3.63) is 41.5 Å². The number of hydrogen-bond acceptors (Lipinski definition) is 4. The summed E-state index contributed by atoms with van der Waals surface area (Å²) in [4.78, 5) is 35.3. The smallest absolute Gasteiger partial charge is 0.416 e. The van der Waals surface area contributed by atoms with Crippen molar-refractivity contribution >= 4 is 24.0 Å². The molecule has 128 valence electrons. The molecule has 0 unspecified atom stereocenters. The van der Waals surface area contributed by atoms with Crippen LogP contribution in [0.2, 0.25) is 0 Å². The van der Waals surface area contributed by atoms with Crippen molar-refractivity contribution in [2.45, 2.75) is 6.18 Å². The van der Waals surface area contributed by atoms with E-state index in [0.717, 1.165) is 23.1 Å². The molecule has 0 aromatic heterocycles. The lowest BCUT2D eigenvalue weighted by Crippen LogP contribution is -2.37. The van der Waals surface area contributed by atoms with Crippen molar-refractivity contribution in [2.75, 3.05) is 19.7 Å². The first kappa shape index (κ1) is 17.5. The highest BCUT2D eigenvalue weighted by molar-refractivity contribution is 5.97. The molecule has 1 heterocycles. The largest absolute Gasteiger partial charge is 0.452 e. The molecule has 1 fully saturated rings. The quantitative estimate of drug-likeness (QED) is 0.669. The van der Waals surface area contributed by atoms with Crippen molar-refractivity contribution in [2.24, 2.45) is 0 Å². The van der Waals surface area contributed by atoms with Gasteiger partial charge in [-0.25, -0.2) is 9.59 Å². The first-order chi connectivity index (χ1) is 11.3. The molecular weight excluding hydrogens is 329 g/mol. The summed E-state index contributed by atoms with van der Waals surface area (Å²) in [7, 11) is 0. The molecule has 2 rings (SSSR count). The van der Waals surface area contributed by atoms with E-state index in [-0.39, 0.29) is 6.54 Å². The number of alkyl halides is 3. The Morgan fingerprint density at radius 2 is 1.92 bits per heavy atom. The minimum Gasteiger partial charge on any atom is -0.452 e. The van der Waals surface area contributed by atoms with Crippen LogP contribution in [0, 0.1) is 0 Å². The third kappa shape index (κ3) is 4.58. The second kappa shape index (κ2) is 7.16. The number of imide groups is 1. The van der Waals surface area contributed by atoms with E-state index in [9.17, 15) is 27.6 Å². The topological polar surface area (TPSA) is 75.7 Å². The number of urea groups is 1. The van der Waals surface area contributed by atoms with Crippen LogP contribution >= 0.6 is 0 Å². The molecule has 0 radical (unpaired) electrons. The molecule has 0 saturated carbocycles. The number of nitrogens with one attached hydrogen (secondary N) is 1. The maximum Gasteiger partial charge on any atom is 0.416 e. The third-order valence-corrected chi connectivity index (χ3v) is 3.15. The number of carbonyl (C=O) groups is 3. The molecule has 1 aromatic carbocycles. The van der Waals surface area contributed by atoms with Crippen LogP contribution in [0.25, 0.3) is 6.08 Å². The van der Waals surface area contributed by atoms with E-state index in [4.69, 9.17) is 0 Å². The van der Waals surface area contributed by atoms with Gasteiger partial charge in [0, 0.05) is 19.2 Å². The van der Waals surface area contributed by atoms with Gasteiger partial charge in [-0.15, -0.1) is 0 Å². The summed E-state index contributed by atoms with van der Waals surface area (Å²) in [6.45, 7) is -0.0490. The Kier molecular flexibility index (Phi) is 5.22. The summed E-state index contributed by atoms with van der Waals surface area (Å²) in [5.41, 5.74) is -0.429. The number of benzene rings is 1. The highest BCUT2D eigenvalue weighted by atomic mass is 19.4. The van der Waals surface area contributed by atoms with Gasteiger partial charge in [0.05, 0.1) is 5.56 Å². The fraction of sp³-hybridized carbons (Fsp3) is 0.267. The summed E-state index contributed by atoms with van der Waals surface area (Å²) >= 11 is 0. The van der Waals surface area contributed by atoms with Crippen LogP contribution < -0.4 is 5.32 Å². The third-order valence-electron chi connectivity index (χ3n) is 3.15. The second-order valence-electron chi connectivity index (χ2n) is 4.84. The number of carbonyl (C=O) groups excluding carboxylic acids is 3. The molecular formula is C15H13F3N2O4. The highest BCUT2D eigenvalue weighted by Gasteiger charge is 2.29. The zero-order valence-corrected chi connectivity index (χ0v) is 12.3. The first-order valence-electron chi connectivity index (χ1n) is 6.87. The van der Waals surface area contributed by atoms with E-state index in [0.29, 0.717) is 12.1 Å². The van der Waals surface area contributed by atoms with Crippen LogP contribution in [-0.2, 0) is 20.5 Å². The SMILES string of the molecule is O=C(/C=C/c1ccc(C(F)(F)F)cc1)OCC(=O)N1CCNC1=O. The lowest BCUT2D eigenvalue weighted by molar-refractivity contribution is -0.146. The van der Waals surface area contributed by atoms with Gasteiger partial charge >= 0.3 is 18.2 Å². The monoisotopic (exact) mass is 342 g/mol. The van der Waals surface area contributed by atoms with Crippen molar-refractivity contribution in [1.29, 1.82) is 0 Å². The number of nitrogens with zero attached hydrogens (tertiary/aromatic N) is 1. The molecule has 24 heavy (non-hydrogen) atoms. The fourth-order valence-corrected chi connectivity index (χ4v) is 1.92. The van der Waals surface area contributed by atoms with E-state index < -0.39 is 36.3 Å². The lowest BCUT2D eigenvalue weighted by Gasteiger charge is -2.11. The summed E-state index contributed by atoms with van der Waals surface area (Å²) in [5, 5.41) is 2.43. The maximum atomic E-state index is 12.4. The van der Waals surface area contributed by atoms with Crippen molar-refractivity contribution in [3.63, 3.8) is 0 Å². The van der Waals surface area contributed by atoms with Gasteiger partial charge in [-0.2, -0.15) is 13.2 Å². The van der Waals surface area contributed by atoms with Crippen LogP contribution in [0.1, 0.15) is 11.1 Å². The fourth-order valence-electron chi connectivity index (χ4n) is 1.92. The normalized spacial score (nSPS) is 14.8. The molecule has 0 aliphatic carbocycles. The molecule has 1 aliphatic rings. The number of hydrogen-bond donors (Lipinski definition) is 1.